The fraction of sp³-hybridized carbons (Fsp3) is 0.136. The molecule has 3 aromatic carbocycles. The third kappa shape index (κ3) is 6.32. The number of carbonyl (C=O) groups excluding carboxylic acids is 1. The molecule has 0 unspecified atom stereocenters. The highest BCUT2D eigenvalue weighted by Crippen LogP contribution is 2.28. The van der Waals surface area contributed by atoms with Crippen LogP contribution in [0, 0.1) is 13.8 Å². The van der Waals surface area contributed by atoms with Crippen LogP contribution in [0.2, 0.25) is 0 Å². The molecule has 0 bridgehead atoms. The normalized spacial score (nSPS) is 11.1. The molecule has 9 heteroatoms. The van der Waals surface area contributed by atoms with Crippen molar-refractivity contribution in [2.45, 2.75) is 18.7 Å². The predicted octanol–water partition coefficient (Wildman–Crippen LogP) is 5.65. The van der Waals surface area contributed by atoms with E-state index in [-0.39, 0.29) is 17.4 Å². The van der Waals surface area contributed by atoms with E-state index in [4.69, 9.17) is 4.74 Å². The standard InChI is InChI=1S/C22H20Br2N2O4S/c1-14-3-9-20(15(2)11-14)26-31(28,29)18-7-5-17(6-8-18)25-22(27)13-30-21-10-4-16(23)12-19(21)24/h3-12,26H,13H2,1-2H3,(H,25,27). The number of rotatable bonds is 7. The molecule has 0 aliphatic rings. The molecule has 3 aromatic rings. The van der Waals surface area contributed by atoms with Crippen LogP contribution >= 0.6 is 31.9 Å². The van der Waals surface area contributed by atoms with Crippen LogP contribution < -0.4 is 14.8 Å². The van der Waals surface area contributed by atoms with Gasteiger partial charge in [0.05, 0.1) is 15.1 Å². The van der Waals surface area contributed by atoms with Crippen molar-refractivity contribution in [2.75, 3.05) is 16.6 Å². The van der Waals surface area contributed by atoms with Crippen molar-refractivity contribution >= 4 is 59.2 Å². The summed E-state index contributed by atoms with van der Waals surface area (Å²) in [6, 6.07) is 16.8. The topological polar surface area (TPSA) is 84.5 Å². The van der Waals surface area contributed by atoms with Crippen LogP contribution in [-0.4, -0.2) is 20.9 Å². The molecular weight excluding hydrogens is 548 g/mol. The van der Waals surface area contributed by atoms with Gasteiger partial charge >= 0.3 is 0 Å². The van der Waals surface area contributed by atoms with Gasteiger partial charge in [-0.05, 0) is 83.9 Å². The largest absolute Gasteiger partial charge is 0.483 e. The highest BCUT2D eigenvalue weighted by atomic mass is 79.9. The van der Waals surface area contributed by atoms with E-state index in [1.165, 1.54) is 24.3 Å². The highest BCUT2D eigenvalue weighted by Gasteiger charge is 2.15. The molecule has 162 valence electrons. The van der Waals surface area contributed by atoms with Crippen molar-refractivity contribution in [3.63, 3.8) is 0 Å². The molecule has 0 saturated carbocycles. The maximum atomic E-state index is 12.7. The van der Waals surface area contributed by atoms with Gasteiger partial charge in [0.2, 0.25) is 0 Å². The lowest BCUT2D eigenvalue weighted by molar-refractivity contribution is -0.118. The molecule has 0 heterocycles. The Hall–Kier alpha value is -2.36. The summed E-state index contributed by atoms with van der Waals surface area (Å²) in [5.41, 5.74) is 2.88. The molecular formula is C22H20Br2N2O4S. The second-order valence-corrected chi connectivity index (χ2v) is 10.3. The first kappa shape index (κ1) is 23.3. The van der Waals surface area contributed by atoms with Gasteiger partial charge in [-0.15, -0.1) is 0 Å². The molecule has 2 N–H and O–H groups in total. The molecule has 0 aromatic heterocycles. The van der Waals surface area contributed by atoms with Crippen molar-refractivity contribution in [1.29, 1.82) is 0 Å². The fourth-order valence-corrected chi connectivity index (χ4v) is 5.07. The molecule has 0 aliphatic heterocycles. The van der Waals surface area contributed by atoms with E-state index < -0.39 is 10.0 Å². The monoisotopic (exact) mass is 566 g/mol. The van der Waals surface area contributed by atoms with Gasteiger partial charge in [0.15, 0.2) is 6.61 Å². The van der Waals surface area contributed by atoms with Gasteiger partial charge in [-0.3, -0.25) is 9.52 Å². The number of ether oxygens (including phenoxy) is 1. The molecule has 6 nitrogen and oxygen atoms in total. The average Bonchev–Trinajstić information content (AvgIpc) is 2.70. The van der Waals surface area contributed by atoms with Crippen LogP contribution in [0.15, 0.2) is 74.5 Å². The van der Waals surface area contributed by atoms with Gasteiger partial charge in [0.1, 0.15) is 5.75 Å². The zero-order valence-electron chi connectivity index (χ0n) is 16.8. The fourth-order valence-electron chi connectivity index (χ4n) is 2.78. The summed E-state index contributed by atoms with van der Waals surface area (Å²) < 4.78 is 35.0. The van der Waals surface area contributed by atoms with Crippen molar-refractivity contribution in [2.24, 2.45) is 0 Å². The first-order valence-corrected chi connectivity index (χ1v) is 12.3. The minimum absolute atomic E-state index is 0.0977. The number of halogens is 2. The molecule has 0 atom stereocenters. The molecule has 0 saturated heterocycles. The van der Waals surface area contributed by atoms with E-state index in [2.05, 4.69) is 41.9 Å². The Balaban J connectivity index is 1.61. The van der Waals surface area contributed by atoms with Gasteiger partial charge < -0.3 is 10.1 Å². The first-order valence-electron chi connectivity index (χ1n) is 9.22. The van der Waals surface area contributed by atoms with Gasteiger partial charge in [-0.1, -0.05) is 33.6 Å². The predicted molar refractivity (Wildman–Crippen MR) is 129 cm³/mol. The van der Waals surface area contributed by atoms with E-state index in [9.17, 15) is 13.2 Å². The molecule has 0 radical (unpaired) electrons. The lowest BCUT2D eigenvalue weighted by Gasteiger charge is -2.12. The van der Waals surface area contributed by atoms with E-state index in [0.29, 0.717) is 17.1 Å². The first-order chi connectivity index (χ1) is 14.6. The van der Waals surface area contributed by atoms with Crippen molar-refractivity contribution in [3.05, 3.63) is 80.7 Å². The second-order valence-electron chi connectivity index (χ2n) is 6.86. The Bertz CT molecular complexity index is 1210. The van der Waals surface area contributed by atoms with E-state index in [1.807, 2.05) is 38.1 Å². The number of carbonyl (C=O) groups is 1. The lowest BCUT2D eigenvalue weighted by atomic mass is 10.1. The van der Waals surface area contributed by atoms with E-state index in [0.717, 1.165) is 20.1 Å². The summed E-state index contributed by atoms with van der Waals surface area (Å²) in [5.74, 6) is 0.177. The Labute approximate surface area is 198 Å². The number of hydrogen-bond acceptors (Lipinski definition) is 4. The van der Waals surface area contributed by atoms with Crippen LogP contribution in [0.25, 0.3) is 0 Å². The van der Waals surface area contributed by atoms with Gasteiger partial charge in [0, 0.05) is 10.2 Å². The average molecular weight is 568 g/mol. The summed E-state index contributed by atoms with van der Waals surface area (Å²) >= 11 is 6.73. The molecule has 31 heavy (non-hydrogen) atoms. The number of nitrogens with one attached hydrogen (secondary N) is 2. The highest BCUT2D eigenvalue weighted by molar-refractivity contribution is 9.11. The van der Waals surface area contributed by atoms with Crippen LogP contribution in [-0.2, 0) is 14.8 Å². The number of amides is 1. The molecule has 1 amide bonds. The summed E-state index contributed by atoms with van der Waals surface area (Å²) in [7, 11) is -3.74. The summed E-state index contributed by atoms with van der Waals surface area (Å²) in [6.45, 7) is 3.61. The van der Waals surface area contributed by atoms with Gasteiger partial charge in [-0.25, -0.2) is 8.42 Å². The zero-order valence-corrected chi connectivity index (χ0v) is 20.8. The number of anilines is 2. The summed E-state index contributed by atoms with van der Waals surface area (Å²) in [4.78, 5) is 12.3. The Morgan fingerprint density at radius 2 is 1.68 bits per heavy atom. The number of aryl methyl sites for hydroxylation is 2. The van der Waals surface area contributed by atoms with E-state index in [1.54, 1.807) is 12.1 Å². The Morgan fingerprint density at radius 1 is 0.968 bits per heavy atom. The van der Waals surface area contributed by atoms with Crippen molar-refractivity contribution in [1.82, 2.24) is 0 Å². The quantitative estimate of drug-likeness (QED) is 0.386. The van der Waals surface area contributed by atoms with Crippen LogP contribution in [0.1, 0.15) is 11.1 Å². The van der Waals surface area contributed by atoms with E-state index >= 15 is 0 Å². The number of benzene rings is 3. The van der Waals surface area contributed by atoms with Gasteiger partial charge in [0.25, 0.3) is 15.9 Å². The number of sulfonamides is 1. The SMILES string of the molecule is Cc1ccc(NS(=O)(=O)c2ccc(NC(=O)COc3ccc(Br)cc3Br)cc2)c(C)c1. The zero-order chi connectivity index (χ0) is 22.6. The van der Waals surface area contributed by atoms with Crippen molar-refractivity contribution < 1.29 is 17.9 Å². The summed E-state index contributed by atoms with van der Waals surface area (Å²) in [5, 5.41) is 2.68. The molecule has 0 fully saturated rings. The van der Waals surface area contributed by atoms with Crippen LogP contribution in [0.4, 0.5) is 11.4 Å². The number of hydrogen-bond donors (Lipinski definition) is 2. The van der Waals surface area contributed by atoms with Crippen LogP contribution in [0.5, 0.6) is 5.75 Å². The molecule has 0 aliphatic carbocycles. The minimum Gasteiger partial charge on any atom is -0.483 e. The third-order valence-corrected chi connectivity index (χ3v) is 6.82. The Morgan fingerprint density at radius 3 is 2.32 bits per heavy atom. The molecule has 0 spiro atoms. The summed E-state index contributed by atoms with van der Waals surface area (Å²) in [6.07, 6.45) is 0. The lowest BCUT2D eigenvalue weighted by Crippen LogP contribution is -2.20. The minimum atomic E-state index is -3.74. The third-order valence-electron chi connectivity index (χ3n) is 4.33. The van der Waals surface area contributed by atoms with Crippen LogP contribution in [0.3, 0.4) is 0 Å². The second kappa shape index (κ2) is 9.84. The molecule has 3 rings (SSSR count). The smallest absolute Gasteiger partial charge is 0.262 e. The maximum absolute atomic E-state index is 12.7. The van der Waals surface area contributed by atoms with Gasteiger partial charge in [-0.2, -0.15) is 0 Å². The maximum Gasteiger partial charge on any atom is 0.262 e. The van der Waals surface area contributed by atoms with Crippen molar-refractivity contribution in [3.8, 4) is 5.75 Å². The Kier molecular flexibility index (Phi) is 7.40.